The van der Waals surface area contributed by atoms with Crippen LogP contribution in [0.1, 0.15) is 32.3 Å². The molecular formula is C16H18N2O4. The first-order chi connectivity index (χ1) is 10.5. The highest BCUT2D eigenvalue weighted by Crippen LogP contribution is 2.28. The molecule has 0 aliphatic carbocycles. The predicted molar refractivity (Wildman–Crippen MR) is 81.9 cm³/mol. The van der Waals surface area contributed by atoms with E-state index in [4.69, 9.17) is 0 Å². The second-order valence-corrected chi connectivity index (χ2v) is 5.10. The lowest BCUT2D eigenvalue weighted by molar-refractivity contribution is -0.138. The molecule has 3 amide bonds. The van der Waals surface area contributed by atoms with Crippen LogP contribution < -0.4 is 5.32 Å². The SMILES string of the molecule is CCCCN1C(=O)C(O)=C(c2ccc(NC(C)=O)cc2)C1=O. The summed E-state index contributed by atoms with van der Waals surface area (Å²) in [5.74, 6) is -1.86. The van der Waals surface area contributed by atoms with E-state index in [0.717, 1.165) is 11.3 Å². The van der Waals surface area contributed by atoms with Crippen LogP contribution in [0.3, 0.4) is 0 Å². The van der Waals surface area contributed by atoms with Gasteiger partial charge >= 0.3 is 0 Å². The highest BCUT2D eigenvalue weighted by atomic mass is 16.3. The molecule has 2 N–H and O–H groups in total. The molecule has 0 radical (unpaired) electrons. The molecule has 2 rings (SSSR count). The van der Waals surface area contributed by atoms with E-state index in [2.05, 4.69) is 5.32 Å². The molecular weight excluding hydrogens is 284 g/mol. The molecule has 22 heavy (non-hydrogen) atoms. The van der Waals surface area contributed by atoms with E-state index in [1.807, 2.05) is 6.92 Å². The number of carbonyl (C=O) groups excluding carboxylic acids is 3. The third kappa shape index (κ3) is 3.00. The van der Waals surface area contributed by atoms with Crippen molar-refractivity contribution in [3.05, 3.63) is 35.6 Å². The lowest BCUT2D eigenvalue weighted by Gasteiger charge is -2.13. The van der Waals surface area contributed by atoms with E-state index in [0.29, 0.717) is 24.2 Å². The van der Waals surface area contributed by atoms with Gasteiger partial charge < -0.3 is 10.4 Å². The van der Waals surface area contributed by atoms with Crippen molar-refractivity contribution in [3.8, 4) is 0 Å². The molecule has 6 heteroatoms. The maximum Gasteiger partial charge on any atom is 0.296 e. The monoisotopic (exact) mass is 302 g/mol. The van der Waals surface area contributed by atoms with Gasteiger partial charge in [-0.1, -0.05) is 25.5 Å². The van der Waals surface area contributed by atoms with Crippen LogP contribution >= 0.6 is 0 Å². The summed E-state index contributed by atoms with van der Waals surface area (Å²) in [6, 6.07) is 6.41. The first kappa shape index (κ1) is 15.8. The van der Waals surface area contributed by atoms with Gasteiger partial charge in [-0.05, 0) is 24.1 Å². The molecule has 1 aromatic rings. The van der Waals surface area contributed by atoms with Crippen molar-refractivity contribution in [1.29, 1.82) is 0 Å². The second kappa shape index (κ2) is 6.43. The van der Waals surface area contributed by atoms with Crippen molar-refractivity contribution >= 4 is 29.0 Å². The van der Waals surface area contributed by atoms with Gasteiger partial charge in [0, 0.05) is 19.2 Å². The molecule has 1 aliphatic heterocycles. The fourth-order valence-electron chi connectivity index (χ4n) is 2.27. The summed E-state index contributed by atoms with van der Waals surface area (Å²) < 4.78 is 0. The minimum Gasteiger partial charge on any atom is -0.502 e. The van der Waals surface area contributed by atoms with Crippen LogP contribution in [-0.2, 0) is 14.4 Å². The van der Waals surface area contributed by atoms with Gasteiger partial charge in [-0.15, -0.1) is 0 Å². The molecule has 116 valence electrons. The molecule has 1 aliphatic rings. The average Bonchev–Trinajstić information content (AvgIpc) is 2.68. The number of unbranched alkanes of at least 4 members (excludes halogenated alkanes) is 1. The highest BCUT2D eigenvalue weighted by Gasteiger charge is 2.38. The number of rotatable bonds is 5. The first-order valence-electron chi connectivity index (χ1n) is 7.13. The summed E-state index contributed by atoms with van der Waals surface area (Å²) >= 11 is 0. The normalized spacial score (nSPS) is 14.7. The number of hydrogen-bond donors (Lipinski definition) is 2. The number of aliphatic hydroxyl groups excluding tert-OH is 1. The quantitative estimate of drug-likeness (QED) is 0.815. The van der Waals surface area contributed by atoms with Gasteiger partial charge in [0.05, 0.1) is 5.57 Å². The van der Waals surface area contributed by atoms with Crippen molar-refractivity contribution in [2.75, 3.05) is 11.9 Å². The van der Waals surface area contributed by atoms with Gasteiger partial charge in [-0.25, -0.2) is 0 Å². The maximum absolute atomic E-state index is 12.3. The third-order valence-electron chi connectivity index (χ3n) is 3.37. The Labute approximate surface area is 128 Å². The Kier molecular flexibility index (Phi) is 4.60. The van der Waals surface area contributed by atoms with Crippen molar-refractivity contribution in [2.24, 2.45) is 0 Å². The number of carbonyl (C=O) groups is 3. The van der Waals surface area contributed by atoms with E-state index in [-0.39, 0.29) is 11.5 Å². The van der Waals surface area contributed by atoms with Crippen LogP contribution in [-0.4, -0.2) is 34.3 Å². The summed E-state index contributed by atoms with van der Waals surface area (Å²) in [4.78, 5) is 36.3. The van der Waals surface area contributed by atoms with Gasteiger partial charge in [0.2, 0.25) is 5.91 Å². The molecule has 0 aromatic heterocycles. The molecule has 0 saturated carbocycles. The number of aliphatic hydroxyl groups is 1. The van der Waals surface area contributed by atoms with Crippen LogP contribution in [0.5, 0.6) is 0 Å². The van der Waals surface area contributed by atoms with Gasteiger partial charge in [0.25, 0.3) is 11.8 Å². The Balaban J connectivity index is 2.26. The average molecular weight is 302 g/mol. The molecule has 0 atom stereocenters. The number of anilines is 1. The van der Waals surface area contributed by atoms with Crippen LogP contribution in [0.4, 0.5) is 5.69 Å². The minimum atomic E-state index is -0.653. The van der Waals surface area contributed by atoms with E-state index in [1.165, 1.54) is 6.92 Å². The Morgan fingerprint density at radius 3 is 2.36 bits per heavy atom. The molecule has 1 aromatic carbocycles. The molecule has 0 unspecified atom stereocenters. The molecule has 0 fully saturated rings. The standard InChI is InChI=1S/C16H18N2O4/c1-3-4-9-18-15(21)13(14(20)16(18)22)11-5-7-12(8-6-11)17-10(2)19/h5-8,20H,3-4,9H2,1-2H3,(H,17,19). The lowest BCUT2D eigenvalue weighted by Crippen LogP contribution is -2.32. The smallest absolute Gasteiger partial charge is 0.296 e. The van der Waals surface area contributed by atoms with Crippen molar-refractivity contribution in [3.63, 3.8) is 0 Å². The molecule has 6 nitrogen and oxygen atoms in total. The van der Waals surface area contributed by atoms with Crippen LogP contribution in [0.15, 0.2) is 30.0 Å². The highest BCUT2D eigenvalue weighted by molar-refractivity contribution is 6.34. The van der Waals surface area contributed by atoms with Gasteiger partial charge in [-0.3, -0.25) is 19.3 Å². The number of hydrogen-bond acceptors (Lipinski definition) is 4. The third-order valence-corrected chi connectivity index (χ3v) is 3.37. The number of nitrogens with one attached hydrogen (secondary N) is 1. The van der Waals surface area contributed by atoms with E-state index in [9.17, 15) is 19.5 Å². The predicted octanol–water partition coefficient (Wildman–Crippen LogP) is 2.08. The van der Waals surface area contributed by atoms with E-state index < -0.39 is 17.6 Å². The summed E-state index contributed by atoms with van der Waals surface area (Å²) in [6.07, 6.45) is 1.54. The number of imide groups is 1. The Morgan fingerprint density at radius 1 is 1.18 bits per heavy atom. The van der Waals surface area contributed by atoms with Crippen molar-refractivity contribution in [1.82, 2.24) is 4.90 Å². The molecule has 0 saturated heterocycles. The fraction of sp³-hybridized carbons (Fsp3) is 0.312. The van der Waals surface area contributed by atoms with Gasteiger partial charge in [0.15, 0.2) is 5.76 Å². The van der Waals surface area contributed by atoms with Gasteiger partial charge in [0.1, 0.15) is 0 Å². The van der Waals surface area contributed by atoms with E-state index in [1.54, 1.807) is 24.3 Å². The lowest BCUT2D eigenvalue weighted by atomic mass is 10.1. The van der Waals surface area contributed by atoms with E-state index >= 15 is 0 Å². The maximum atomic E-state index is 12.3. The first-order valence-corrected chi connectivity index (χ1v) is 7.13. The minimum absolute atomic E-state index is 0.00970. The number of amides is 3. The van der Waals surface area contributed by atoms with Crippen LogP contribution in [0, 0.1) is 0 Å². The van der Waals surface area contributed by atoms with Crippen molar-refractivity contribution < 1.29 is 19.5 Å². The summed E-state index contributed by atoms with van der Waals surface area (Å²) in [6.45, 7) is 3.65. The topological polar surface area (TPSA) is 86.7 Å². The Bertz CT molecular complexity index is 647. The Hall–Kier alpha value is -2.63. The summed E-state index contributed by atoms with van der Waals surface area (Å²) in [5.41, 5.74) is 1.04. The zero-order valence-electron chi connectivity index (χ0n) is 12.5. The van der Waals surface area contributed by atoms with Crippen LogP contribution in [0.25, 0.3) is 5.57 Å². The molecule has 1 heterocycles. The van der Waals surface area contributed by atoms with Crippen LogP contribution in [0.2, 0.25) is 0 Å². The molecule has 0 spiro atoms. The summed E-state index contributed by atoms with van der Waals surface area (Å²) in [7, 11) is 0. The second-order valence-electron chi connectivity index (χ2n) is 5.10. The Morgan fingerprint density at radius 2 is 1.82 bits per heavy atom. The largest absolute Gasteiger partial charge is 0.502 e. The zero-order valence-corrected chi connectivity index (χ0v) is 12.5. The van der Waals surface area contributed by atoms with Crippen molar-refractivity contribution in [2.45, 2.75) is 26.7 Å². The summed E-state index contributed by atoms with van der Waals surface area (Å²) in [5, 5.41) is 12.6. The molecule has 0 bridgehead atoms. The van der Waals surface area contributed by atoms with Gasteiger partial charge in [-0.2, -0.15) is 0 Å². The number of benzene rings is 1. The fourth-order valence-corrected chi connectivity index (χ4v) is 2.27. The number of nitrogens with zero attached hydrogens (tertiary/aromatic N) is 1. The zero-order chi connectivity index (χ0) is 16.3.